The fourth-order valence-electron chi connectivity index (χ4n) is 1.23. The van der Waals surface area contributed by atoms with Crippen molar-refractivity contribution in [3.05, 3.63) is 22.7 Å². The van der Waals surface area contributed by atoms with Crippen molar-refractivity contribution in [2.45, 2.75) is 33.7 Å². The van der Waals surface area contributed by atoms with Crippen LogP contribution in [0.1, 0.15) is 27.2 Å². The summed E-state index contributed by atoms with van der Waals surface area (Å²) in [5.41, 5.74) is -0.0386. The van der Waals surface area contributed by atoms with E-state index in [4.69, 9.17) is 0 Å². The number of hydrogen-bond acceptors (Lipinski definition) is 3. The van der Waals surface area contributed by atoms with E-state index in [-0.39, 0.29) is 5.56 Å². The highest BCUT2D eigenvalue weighted by molar-refractivity contribution is 5.30. The van der Waals surface area contributed by atoms with Crippen molar-refractivity contribution in [2.24, 2.45) is 5.92 Å². The Kier molecular flexibility index (Phi) is 4.34. The summed E-state index contributed by atoms with van der Waals surface area (Å²) in [4.78, 5) is 15.8. The summed E-state index contributed by atoms with van der Waals surface area (Å²) >= 11 is 0. The van der Waals surface area contributed by atoms with Crippen LogP contribution < -0.4 is 10.9 Å². The van der Waals surface area contributed by atoms with Crippen LogP contribution in [0.5, 0.6) is 0 Å². The first-order chi connectivity index (χ1) is 7.19. The molecular formula is C11H19N3O. The molecule has 1 heterocycles. The third-order valence-corrected chi connectivity index (χ3v) is 2.57. The summed E-state index contributed by atoms with van der Waals surface area (Å²) in [5, 5.41) is 3.09. The molecule has 1 aromatic rings. The Labute approximate surface area is 90.3 Å². The normalized spacial score (nSPS) is 12.5. The van der Waals surface area contributed by atoms with Crippen molar-refractivity contribution in [2.75, 3.05) is 11.9 Å². The van der Waals surface area contributed by atoms with E-state index in [1.54, 1.807) is 17.0 Å². The zero-order chi connectivity index (χ0) is 11.3. The zero-order valence-corrected chi connectivity index (χ0v) is 9.66. The van der Waals surface area contributed by atoms with Crippen molar-refractivity contribution >= 4 is 5.82 Å². The molecule has 0 bridgehead atoms. The van der Waals surface area contributed by atoms with Gasteiger partial charge in [0.05, 0.1) is 0 Å². The maximum Gasteiger partial charge on any atom is 0.293 e. The first kappa shape index (κ1) is 11.8. The van der Waals surface area contributed by atoms with Gasteiger partial charge in [-0.3, -0.25) is 4.79 Å². The standard InChI is InChI=1S/C11H19N3O/c1-4-9(3)8-13-10-11(15)14(5-2)7-6-12-10/h6-7,9H,4-5,8H2,1-3H3,(H,12,13). The lowest BCUT2D eigenvalue weighted by atomic mass is 10.1. The molecule has 84 valence electrons. The lowest BCUT2D eigenvalue weighted by Gasteiger charge is -2.10. The van der Waals surface area contributed by atoms with Crippen molar-refractivity contribution in [1.82, 2.24) is 9.55 Å². The molecule has 0 aliphatic rings. The summed E-state index contributed by atoms with van der Waals surface area (Å²) < 4.78 is 1.64. The molecule has 0 radical (unpaired) electrons. The third-order valence-electron chi connectivity index (χ3n) is 2.57. The molecule has 0 aliphatic heterocycles. The van der Waals surface area contributed by atoms with Crippen molar-refractivity contribution in [1.29, 1.82) is 0 Å². The first-order valence-corrected chi connectivity index (χ1v) is 5.48. The Bertz CT molecular complexity index is 359. The number of nitrogens with zero attached hydrogens (tertiary/aromatic N) is 2. The van der Waals surface area contributed by atoms with Crippen LogP contribution in [0.15, 0.2) is 17.2 Å². The van der Waals surface area contributed by atoms with Gasteiger partial charge in [-0.1, -0.05) is 20.3 Å². The molecule has 0 saturated heterocycles. The Morgan fingerprint density at radius 2 is 2.27 bits per heavy atom. The van der Waals surface area contributed by atoms with E-state index < -0.39 is 0 Å². The second kappa shape index (κ2) is 5.53. The van der Waals surface area contributed by atoms with Crippen LogP contribution in [0.4, 0.5) is 5.82 Å². The number of hydrogen-bond donors (Lipinski definition) is 1. The largest absolute Gasteiger partial charge is 0.365 e. The van der Waals surface area contributed by atoms with Crippen LogP contribution in [0.3, 0.4) is 0 Å². The van der Waals surface area contributed by atoms with E-state index in [9.17, 15) is 4.79 Å². The number of aryl methyl sites for hydroxylation is 1. The zero-order valence-electron chi connectivity index (χ0n) is 9.66. The Balaban J connectivity index is 2.73. The quantitative estimate of drug-likeness (QED) is 0.803. The van der Waals surface area contributed by atoms with Gasteiger partial charge in [0.2, 0.25) is 0 Å². The average Bonchev–Trinajstić information content (AvgIpc) is 2.27. The molecule has 0 amide bonds. The van der Waals surface area contributed by atoms with Crippen LogP contribution in [-0.2, 0) is 6.54 Å². The molecule has 0 aromatic carbocycles. The van der Waals surface area contributed by atoms with Gasteiger partial charge in [-0.05, 0) is 12.8 Å². The predicted molar refractivity (Wildman–Crippen MR) is 62.1 cm³/mol. The maximum absolute atomic E-state index is 11.7. The Hall–Kier alpha value is -1.32. The van der Waals surface area contributed by atoms with Crippen LogP contribution in [0.25, 0.3) is 0 Å². The van der Waals surface area contributed by atoms with Crippen molar-refractivity contribution in [3.63, 3.8) is 0 Å². The molecule has 1 unspecified atom stereocenters. The lowest BCUT2D eigenvalue weighted by Crippen LogP contribution is -2.25. The van der Waals surface area contributed by atoms with Crippen LogP contribution in [0, 0.1) is 5.92 Å². The van der Waals surface area contributed by atoms with Gasteiger partial charge >= 0.3 is 0 Å². The molecule has 0 saturated carbocycles. The number of anilines is 1. The third kappa shape index (κ3) is 3.08. The summed E-state index contributed by atoms with van der Waals surface area (Å²) in [6.45, 7) is 7.70. The van der Waals surface area contributed by atoms with Gasteiger partial charge in [-0.2, -0.15) is 0 Å². The van der Waals surface area contributed by atoms with Crippen molar-refractivity contribution in [3.8, 4) is 0 Å². The second-order valence-electron chi connectivity index (χ2n) is 3.76. The van der Waals surface area contributed by atoms with E-state index in [0.717, 1.165) is 13.0 Å². The van der Waals surface area contributed by atoms with Gasteiger partial charge in [0, 0.05) is 25.5 Å². The maximum atomic E-state index is 11.7. The van der Waals surface area contributed by atoms with Gasteiger partial charge in [-0.25, -0.2) is 4.98 Å². The van der Waals surface area contributed by atoms with Gasteiger partial charge in [0.25, 0.3) is 5.56 Å². The monoisotopic (exact) mass is 209 g/mol. The highest BCUT2D eigenvalue weighted by Crippen LogP contribution is 2.01. The summed E-state index contributed by atoms with van der Waals surface area (Å²) in [6, 6.07) is 0. The number of rotatable bonds is 5. The minimum absolute atomic E-state index is 0.0386. The van der Waals surface area contributed by atoms with E-state index in [1.807, 2.05) is 6.92 Å². The fourth-order valence-corrected chi connectivity index (χ4v) is 1.23. The van der Waals surface area contributed by atoms with Gasteiger partial charge in [0.15, 0.2) is 5.82 Å². The average molecular weight is 209 g/mol. The molecule has 1 aromatic heterocycles. The van der Waals surface area contributed by atoms with Gasteiger partial charge in [0.1, 0.15) is 0 Å². The number of nitrogens with one attached hydrogen (secondary N) is 1. The SMILES string of the molecule is CCC(C)CNc1nccn(CC)c1=O. The molecule has 1 rings (SSSR count). The minimum Gasteiger partial charge on any atom is -0.365 e. The highest BCUT2D eigenvalue weighted by Gasteiger charge is 2.04. The molecule has 0 spiro atoms. The predicted octanol–water partition coefficient (Wildman–Crippen LogP) is 1.72. The molecule has 1 N–H and O–H groups in total. The van der Waals surface area contributed by atoms with Crippen LogP contribution >= 0.6 is 0 Å². The molecule has 15 heavy (non-hydrogen) atoms. The smallest absolute Gasteiger partial charge is 0.293 e. The fraction of sp³-hybridized carbons (Fsp3) is 0.636. The van der Waals surface area contributed by atoms with E-state index in [0.29, 0.717) is 18.3 Å². The Morgan fingerprint density at radius 1 is 1.53 bits per heavy atom. The topological polar surface area (TPSA) is 46.9 Å². The first-order valence-electron chi connectivity index (χ1n) is 5.48. The lowest BCUT2D eigenvalue weighted by molar-refractivity contribution is 0.590. The van der Waals surface area contributed by atoms with Crippen LogP contribution in [-0.4, -0.2) is 16.1 Å². The minimum atomic E-state index is -0.0386. The molecular weight excluding hydrogens is 190 g/mol. The summed E-state index contributed by atoms with van der Waals surface area (Å²) in [5.74, 6) is 1.01. The summed E-state index contributed by atoms with van der Waals surface area (Å²) in [7, 11) is 0. The van der Waals surface area contributed by atoms with Crippen molar-refractivity contribution < 1.29 is 0 Å². The Morgan fingerprint density at radius 3 is 2.87 bits per heavy atom. The van der Waals surface area contributed by atoms with E-state index in [2.05, 4.69) is 24.1 Å². The molecule has 0 aliphatic carbocycles. The second-order valence-corrected chi connectivity index (χ2v) is 3.76. The van der Waals surface area contributed by atoms with Crippen LogP contribution in [0.2, 0.25) is 0 Å². The molecule has 4 nitrogen and oxygen atoms in total. The summed E-state index contributed by atoms with van der Waals surface area (Å²) in [6.07, 6.45) is 4.46. The highest BCUT2D eigenvalue weighted by atomic mass is 16.1. The molecule has 0 fully saturated rings. The number of aromatic nitrogens is 2. The van der Waals surface area contributed by atoms with Gasteiger partial charge in [-0.15, -0.1) is 0 Å². The molecule has 4 heteroatoms. The van der Waals surface area contributed by atoms with E-state index >= 15 is 0 Å². The molecule has 1 atom stereocenters. The van der Waals surface area contributed by atoms with Gasteiger partial charge < -0.3 is 9.88 Å². The van der Waals surface area contributed by atoms with E-state index in [1.165, 1.54) is 0 Å².